The lowest BCUT2D eigenvalue weighted by atomic mass is 10.1. The molecule has 29 heavy (non-hydrogen) atoms. The maximum absolute atomic E-state index is 13.2. The number of hydrogen-bond acceptors (Lipinski definition) is 2. The molecular weight excluding hydrogens is 422 g/mol. The summed E-state index contributed by atoms with van der Waals surface area (Å²) in [7, 11) is -5.97. The van der Waals surface area contributed by atoms with E-state index >= 15 is 0 Å². The van der Waals surface area contributed by atoms with Crippen LogP contribution in [0.15, 0.2) is 53.4 Å². The van der Waals surface area contributed by atoms with Crippen molar-refractivity contribution >= 4 is 18.1 Å². The quantitative estimate of drug-likeness (QED) is 0.395. The van der Waals surface area contributed by atoms with E-state index in [-0.39, 0.29) is 6.42 Å². The summed E-state index contributed by atoms with van der Waals surface area (Å²) in [6.45, 7) is 6.08. The highest BCUT2D eigenvalue weighted by atomic mass is 32.2. The van der Waals surface area contributed by atoms with Crippen molar-refractivity contribution in [3.8, 4) is 11.5 Å². The van der Waals surface area contributed by atoms with Gasteiger partial charge in [-0.1, -0.05) is 37.8 Å². The zero-order chi connectivity index (χ0) is 21.9. The van der Waals surface area contributed by atoms with E-state index < -0.39 is 46.6 Å². The molecule has 0 bridgehead atoms. The number of halogens is 4. The van der Waals surface area contributed by atoms with Crippen LogP contribution in [-0.2, 0) is 16.2 Å². The zero-order valence-corrected chi connectivity index (χ0v) is 18.0. The van der Waals surface area contributed by atoms with Crippen LogP contribution < -0.4 is 4.72 Å². The largest absolute Gasteiger partial charge is 0.416 e. The molecule has 0 heterocycles. The first-order chi connectivity index (χ1) is 13.3. The van der Waals surface area contributed by atoms with Crippen LogP contribution in [0.4, 0.5) is 17.6 Å². The minimum atomic E-state index is -4.66. The third-order valence-electron chi connectivity index (χ3n) is 3.81. The molecule has 0 spiro atoms. The molecule has 2 aromatic carbocycles. The predicted octanol–water partition coefficient (Wildman–Crippen LogP) is 5.14. The predicted molar refractivity (Wildman–Crippen MR) is 107 cm³/mol. The van der Waals surface area contributed by atoms with Crippen LogP contribution in [0, 0.1) is 17.3 Å². The molecule has 2 aromatic rings. The minimum Gasteiger partial charge on any atom is -0.207 e. The van der Waals surface area contributed by atoms with Gasteiger partial charge in [-0.05, 0) is 35.9 Å². The molecule has 0 fully saturated rings. The fourth-order valence-corrected chi connectivity index (χ4v) is 4.34. The van der Waals surface area contributed by atoms with Crippen LogP contribution in [-0.4, -0.2) is 16.5 Å². The Kier molecular flexibility index (Phi) is 6.93. The van der Waals surface area contributed by atoms with Gasteiger partial charge < -0.3 is 0 Å². The number of alkyl halides is 3. The molecule has 3 nitrogen and oxygen atoms in total. The van der Waals surface area contributed by atoms with E-state index in [2.05, 4.69) is 16.2 Å². The third-order valence-corrected chi connectivity index (χ3v) is 6.21. The summed E-state index contributed by atoms with van der Waals surface area (Å²) >= 11 is 0. The molecule has 0 radical (unpaired) electrons. The number of benzene rings is 2. The summed E-state index contributed by atoms with van der Waals surface area (Å²) in [6, 6.07) is 7.89. The van der Waals surface area contributed by atoms with Crippen molar-refractivity contribution in [2.45, 2.75) is 43.2 Å². The molecule has 0 aliphatic carbocycles. The van der Waals surface area contributed by atoms with Gasteiger partial charge in [-0.2, -0.15) is 13.2 Å². The van der Waals surface area contributed by atoms with E-state index in [4.69, 9.17) is 0 Å². The molecular formula is C20H21F4NO2SSi. The molecule has 0 aliphatic rings. The number of rotatable bonds is 5. The monoisotopic (exact) mass is 443 g/mol. The van der Waals surface area contributed by atoms with Gasteiger partial charge in [0.2, 0.25) is 10.0 Å². The van der Waals surface area contributed by atoms with Crippen molar-refractivity contribution in [3.63, 3.8) is 0 Å². The van der Waals surface area contributed by atoms with Gasteiger partial charge in [0.25, 0.3) is 0 Å². The Morgan fingerprint density at radius 1 is 1.07 bits per heavy atom. The van der Waals surface area contributed by atoms with Crippen molar-refractivity contribution in [2.75, 3.05) is 0 Å². The van der Waals surface area contributed by atoms with Gasteiger partial charge in [0.05, 0.1) is 16.5 Å². The lowest BCUT2D eigenvalue weighted by Crippen LogP contribution is -2.29. The van der Waals surface area contributed by atoms with Crippen LogP contribution in [0.1, 0.15) is 23.6 Å². The smallest absolute Gasteiger partial charge is 0.207 e. The average Bonchev–Trinajstić information content (AvgIpc) is 2.60. The third kappa shape index (κ3) is 6.99. The molecule has 1 atom stereocenters. The first kappa shape index (κ1) is 23.1. The van der Waals surface area contributed by atoms with E-state index in [1.54, 1.807) is 0 Å². The molecule has 156 valence electrons. The van der Waals surface area contributed by atoms with Crippen LogP contribution in [0.25, 0.3) is 0 Å². The van der Waals surface area contributed by atoms with Gasteiger partial charge >= 0.3 is 6.18 Å². The highest BCUT2D eigenvalue weighted by Gasteiger charge is 2.32. The Balaban J connectivity index is 2.38. The molecule has 0 saturated carbocycles. The summed E-state index contributed by atoms with van der Waals surface area (Å²) in [5.74, 6) is 2.47. The van der Waals surface area contributed by atoms with E-state index in [9.17, 15) is 26.0 Å². The summed E-state index contributed by atoms with van der Waals surface area (Å²) < 4.78 is 79.9. The van der Waals surface area contributed by atoms with Crippen LogP contribution in [0.3, 0.4) is 0 Å². The minimum absolute atomic E-state index is 0.105. The Hall–Kier alpha value is -2.15. The fourth-order valence-electron chi connectivity index (χ4n) is 2.44. The van der Waals surface area contributed by atoms with Crippen LogP contribution in [0.5, 0.6) is 0 Å². The Morgan fingerprint density at radius 2 is 1.69 bits per heavy atom. The van der Waals surface area contributed by atoms with Crippen molar-refractivity contribution in [1.82, 2.24) is 4.72 Å². The second-order valence-electron chi connectivity index (χ2n) is 7.51. The summed E-state index contributed by atoms with van der Waals surface area (Å²) in [4.78, 5) is -0.502. The van der Waals surface area contributed by atoms with Gasteiger partial charge in [0.15, 0.2) is 0 Å². The van der Waals surface area contributed by atoms with Gasteiger partial charge in [0, 0.05) is 6.42 Å². The summed E-state index contributed by atoms with van der Waals surface area (Å²) in [6.07, 6.45) is -4.56. The first-order valence-electron chi connectivity index (χ1n) is 8.73. The van der Waals surface area contributed by atoms with E-state index in [1.807, 2.05) is 19.6 Å². The molecule has 0 saturated heterocycles. The molecule has 0 aliphatic heterocycles. The second kappa shape index (κ2) is 8.69. The van der Waals surface area contributed by atoms with Crippen LogP contribution >= 0.6 is 0 Å². The first-order valence-corrected chi connectivity index (χ1v) is 13.7. The van der Waals surface area contributed by atoms with Crippen LogP contribution in [0.2, 0.25) is 19.6 Å². The maximum atomic E-state index is 13.2. The second-order valence-corrected chi connectivity index (χ2v) is 14.0. The number of nitrogens with one attached hydrogen (secondary N) is 1. The number of hydrogen-bond donors (Lipinski definition) is 1. The normalized spacial score (nSPS) is 13.5. The SMILES string of the molecule is C[Si](C)(C)C#CCC(NS(=O)(=O)c1cccc(C(F)(F)F)c1)c1ccc(F)cc1. The van der Waals surface area contributed by atoms with Crippen molar-refractivity contribution in [1.29, 1.82) is 0 Å². The zero-order valence-electron chi connectivity index (χ0n) is 16.1. The Labute approximate surface area is 169 Å². The van der Waals surface area contributed by atoms with Gasteiger partial charge in [-0.25, -0.2) is 17.5 Å². The lowest BCUT2D eigenvalue weighted by molar-refractivity contribution is -0.137. The molecule has 9 heteroatoms. The highest BCUT2D eigenvalue weighted by Crippen LogP contribution is 2.31. The van der Waals surface area contributed by atoms with E-state index in [0.717, 1.165) is 18.2 Å². The average molecular weight is 444 g/mol. The highest BCUT2D eigenvalue weighted by molar-refractivity contribution is 7.89. The maximum Gasteiger partial charge on any atom is 0.416 e. The van der Waals surface area contributed by atoms with Crippen molar-refractivity contribution < 1.29 is 26.0 Å². The Bertz CT molecular complexity index is 1020. The van der Waals surface area contributed by atoms with Gasteiger partial charge in [0.1, 0.15) is 13.9 Å². The molecule has 1 unspecified atom stereocenters. The number of sulfonamides is 1. The van der Waals surface area contributed by atoms with Gasteiger partial charge in [-0.15, -0.1) is 11.5 Å². The topological polar surface area (TPSA) is 46.2 Å². The van der Waals surface area contributed by atoms with E-state index in [0.29, 0.717) is 11.6 Å². The van der Waals surface area contributed by atoms with E-state index in [1.165, 1.54) is 24.3 Å². The van der Waals surface area contributed by atoms with Crippen molar-refractivity contribution in [3.05, 3.63) is 65.5 Å². The standard InChI is InChI=1S/C20H21F4NO2SSi/c1-29(2,3)13-5-8-19(15-9-11-17(21)12-10-15)25-28(26,27)18-7-4-6-16(14-18)20(22,23)24/h4,6-7,9-12,14,19,25H,8H2,1-3H3. The lowest BCUT2D eigenvalue weighted by Gasteiger charge is -2.18. The summed E-state index contributed by atoms with van der Waals surface area (Å²) in [5, 5.41) is 0. The summed E-state index contributed by atoms with van der Waals surface area (Å²) in [5.41, 5.74) is 2.53. The molecule has 0 aromatic heterocycles. The Morgan fingerprint density at radius 3 is 2.24 bits per heavy atom. The molecule has 0 amide bonds. The molecule has 1 N–H and O–H groups in total. The van der Waals surface area contributed by atoms with Gasteiger partial charge in [-0.3, -0.25) is 0 Å². The molecule has 2 rings (SSSR count). The van der Waals surface area contributed by atoms with Crippen molar-refractivity contribution in [2.24, 2.45) is 0 Å². The fraction of sp³-hybridized carbons (Fsp3) is 0.300.